The van der Waals surface area contributed by atoms with Gasteiger partial charge in [0.15, 0.2) is 0 Å². The van der Waals surface area contributed by atoms with Gasteiger partial charge in [0, 0.05) is 25.4 Å². The SMILES string of the molecule is O=C(Cc1ccc2c(c1)CCO2)NCc1cccnc1. The first kappa shape index (κ1) is 12.7. The van der Waals surface area contributed by atoms with Gasteiger partial charge in [0.05, 0.1) is 13.0 Å². The molecule has 1 aliphatic heterocycles. The molecule has 1 amide bonds. The molecule has 0 atom stereocenters. The van der Waals surface area contributed by atoms with Crippen LogP contribution in [0, 0.1) is 0 Å². The third-order valence-corrected chi connectivity index (χ3v) is 3.33. The maximum Gasteiger partial charge on any atom is 0.224 e. The van der Waals surface area contributed by atoms with Crippen molar-refractivity contribution in [3.63, 3.8) is 0 Å². The Balaban J connectivity index is 1.56. The molecule has 0 aliphatic carbocycles. The molecule has 0 saturated heterocycles. The molecule has 1 N–H and O–H groups in total. The average Bonchev–Trinajstić information content (AvgIpc) is 2.94. The summed E-state index contributed by atoms with van der Waals surface area (Å²) in [6, 6.07) is 9.77. The zero-order valence-electron chi connectivity index (χ0n) is 11.1. The number of fused-ring (bicyclic) bond motifs is 1. The van der Waals surface area contributed by atoms with Crippen LogP contribution in [0.1, 0.15) is 16.7 Å². The van der Waals surface area contributed by atoms with Crippen molar-refractivity contribution in [1.29, 1.82) is 0 Å². The molecule has 2 heterocycles. The Morgan fingerprint density at radius 3 is 3.10 bits per heavy atom. The number of aromatic nitrogens is 1. The van der Waals surface area contributed by atoms with Gasteiger partial charge >= 0.3 is 0 Å². The summed E-state index contributed by atoms with van der Waals surface area (Å²) >= 11 is 0. The predicted molar refractivity (Wildman–Crippen MR) is 75.4 cm³/mol. The highest BCUT2D eigenvalue weighted by atomic mass is 16.5. The molecule has 1 aromatic carbocycles. The summed E-state index contributed by atoms with van der Waals surface area (Å²) in [5.41, 5.74) is 3.23. The van der Waals surface area contributed by atoms with Crippen molar-refractivity contribution in [3.8, 4) is 5.75 Å². The molecular weight excluding hydrogens is 252 g/mol. The Labute approximate surface area is 117 Å². The third-order valence-electron chi connectivity index (χ3n) is 3.33. The van der Waals surface area contributed by atoms with Gasteiger partial charge in [-0.2, -0.15) is 0 Å². The molecule has 3 rings (SSSR count). The Morgan fingerprint density at radius 2 is 2.25 bits per heavy atom. The molecule has 0 saturated carbocycles. The Bertz CT molecular complexity index is 611. The van der Waals surface area contributed by atoms with Gasteiger partial charge in [0.2, 0.25) is 5.91 Å². The normalized spacial score (nSPS) is 12.6. The Kier molecular flexibility index (Phi) is 3.63. The van der Waals surface area contributed by atoms with E-state index in [9.17, 15) is 4.79 Å². The molecule has 2 aromatic rings. The summed E-state index contributed by atoms with van der Waals surface area (Å²) in [5.74, 6) is 0.970. The van der Waals surface area contributed by atoms with Crippen molar-refractivity contribution in [3.05, 3.63) is 59.4 Å². The fraction of sp³-hybridized carbons (Fsp3) is 0.250. The van der Waals surface area contributed by atoms with E-state index in [2.05, 4.69) is 16.4 Å². The van der Waals surface area contributed by atoms with Gasteiger partial charge in [0.25, 0.3) is 0 Å². The van der Waals surface area contributed by atoms with Crippen molar-refractivity contribution < 1.29 is 9.53 Å². The van der Waals surface area contributed by atoms with Crippen molar-refractivity contribution in [2.24, 2.45) is 0 Å². The summed E-state index contributed by atoms with van der Waals surface area (Å²) in [6.45, 7) is 1.26. The molecule has 0 unspecified atom stereocenters. The van der Waals surface area contributed by atoms with Gasteiger partial charge in [0.1, 0.15) is 5.75 Å². The molecule has 0 fully saturated rings. The van der Waals surface area contributed by atoms with Crippen LogP contribution in [0.5, 0.6) is 5.75 Å². The number of carbonyl (C=O) groups is 1. The lowest BCUT2D eigenvalue weighted by Gasteiger charge is -2.06. The van der Waals surface area contributed by atoms with E-state index in [1.807, 2.05) is 24.3 Å². The largest absolute Gasteiger partial charge is 0.493 e. The first-order valence-corrected chi connectivity index (χ1v) is 6.71. The lowest BCUT2D eigenvalue weighted by molar-refractivity contribution is -0.120. The van der Waals surface area contributed by atoms with Crippen molar-refractivity contribution in [2.45, 2.75) is 19.4 Å². The molecule has 0 radical (unpaired) electrons. The van der Waals surface area contributed by atoms with Gasteiger partial charge < -0.3 is 10.1 Å². The number of hydrogen-bond donors (Lipinski definition) is 1. The third kappa shape index (κ3) is 2.96. The van der Waals surface area contributed by atoms with Gasteiger partial charge in [-0.1, -0.05) is 18.2 Å². The quantitative estimate of drug-likeness (QED) is 0.921. The highest BCUT2D eigenvalue weighted by molar-refractivity contribution is 5.78. The minimum Gasteiger partial charge on any atom is -0.493 e. The van der Waals surface area contributed by atoms with Crippen LogP contribution in [0.4, 0.5) is 0 Å². The number of benzene rings is 1. The Morgan fingerprint density at radius 1 is 1.30 bits per heavy atom. The second-order valence-electron chi connectivity index (χ2n) is 4.86. The molecule has 1 aliphatic rings. The molecule has 102 valence electrons. The zero-order valence-corrected chi connectivity index (χ0v) is 11.1. The fourth-order valence-corrected chi connectivity index (χ4v) is 2.30. The second kappa shape index (κ2) is 5.74. The average molecular weight is 268 g/mol. The van der Waals surface area contributed by atoms with E-state index in [0.29, 0.717) is 13.0 Å². The minimum atomic E-state index is 0.0210. The van der Waals surface area contributed by atoms with Gasteiger partial charge in [-0.05, 0) is 28.8 Å². The lowest BCUT2D eigenvalue weighted by atomic mass is 10.1. The van der Waals surface area contributed by atoms with Gasteiger partial charge in [-0.15, -0.1) is 0 Å². The number of pyridine rings is 1. The molecule has 1 aromatic heterocycles. The highest BCUT2D eigenvalue weighted by Crippen LogP contribution is 2.25. The highest BCUT2D eigenvalue weighted by Gasteiger charge is 2.13. The first-order chi connectivity index (χ1) is 9.81. The van der Waals surface area contributed by atoms with Crippen LogP contribution < -0.4 is 10.1 Å². The van der Waals surface area contributed by atoms with E-state index in [1.165, 1.54) is 5.56 Å². The second-order valence-corrected chi connectivity index (χ2v) is 4.86. The van der Waals surface area contributed by atoms with Crippen LogP contribution in [-0.2, 0) is 24.2 Å². The summed E-state index contributed by atoms with van der Waals surface area (Å²) in [4.78, 5) is 15.9. The summed E-state index contributed by atoms with van der Waals surface area (Å²) in [7, 11) is 0. The maximum atomic E-state index is 11.9. The zero-order chi connectivity index (χ0) is 13.8. The predicted octanol–water partition coefficient (Wildman–Crippen LogP) is 1.88. The van der Waals surface area contributed by atoms with Crippen LogP contribution in [0.15, 0.2) is 42.7 Å². The van der Waals surface area contributed by atoms with Crippen molar-refractivity contribution in [2.75, 3.05) is 6.61 Å². The van der Waals surface area contributed by atoms with Crippen LogP contribution in [0.3, 0.4) is 0 Å². The number of nitrogens with one attached hydrogen (secondary N) is 1. The van der Waals surface area contributed by atoms with Crippen LogP contribution in [-0.4, -0.2) is 17.5 Å². The number of amides is 1. The van der Waals surface area contributed by atoms with E-state index in [-0.39, 0.29) is 5.91 Å². The van der Waals surface area contributed by atoms with E-state index < -0.39 is 0 Å². The number of carbonyl (C=O) groups excluding carboxylic acids is 1. The molecule has 4 heteroatoms. The first-order valence-electron chi connectivity index (χ1n) is 6.71. The number of hydrogen-bond acceptors (Lipinski definition) is 3. The minimum absolute atomic E-state index is 0.0210. The van der Waals surface area contributed by atoms with E-state index in [4.69, 9.17) is 4.74 Å². The van der Waals surface area contributed by atoms with Crippen molar-refractivity contribution >= 4 is 5.91 Å². The fourth-order valence-electron chi connectivity index (χ4n) is 2.30. The van der Waals surface area contributed by atoms with Crippen LogP contribution in [0.2, 0.25) is 0 Å². The lowest BCUT2D eigenvalue weighted by Crippen LogP contribution is -2.24. The standard InChI is InChI=1S/C16H16N2O2/c19-16(18-11-13-2-1-6-17-10-13)9-12-3-4-15-14(8-12)5-7-20-15/h1-4,6,8,10H,5,7,9,11H2,(H,18,19). The topological polar surface area (TPSA) is 51.2 Å². The molecule has 20 heavy (non-hydrogen) atoms. The number of nitrogens with zero attached hydrogens (tertiary/aromatic N) is 1. The monoisotopic (exact) mass is 268 g/mol. The van der Waals surface area contributed by atoms with Gasteiger partial charge in [-0.3, -0.25) is 9.78 Å². The van der Waals surface area contributed by atoms with Crippen molar-refractivity contribution in [1.82, 2.24) is 10.3 Å². The van der Waals surface area contributed by atoms with Gasteiger partial charge in [-0.25, -0.2) is 0 Å². The van der Waals surface area contributed by atoms with Crippen LogP contribution in [0.25, 0.3) is 0 Å². The maximum absolute atomic E-state index is 11.9. The summed E-state index contributed by atoms with van der Waals surface area (Å²) in [6.07, 6.45) is 4.80. The molecule has 4 nitrogen and oxygen atoms in total. The molecular formula is C16H16N2O2. The summed E-state index contributed by atoms with van der Waals surface area (Å²) in [5, 5.41) is 2.90. The van der Waals surface area contributed by atoms with E-state index >= 15 is 0 Å². The van der Waals surface area contributed by atoms with E-state index in [0.717, 1.165) is 29.9 Å². The smallest absolute Gasteiger partial charge is 0.224 e. The Hall–Kier alpha value is -2.36. The summed E-state index contributed by atoms with van der Waals surface area (Å²) < 4.78 is 5.46. The van der Waals surface area contributed by atoms with Crippen LogP contribution >= 0.6 is 0 Å². The number of rotatable bonds is 4. The van der Waals surface area contributed by atoms with E-state index in [1.54, 1.807) is 12.4 Å². The number of ether oxygens (including phenoxy) is 1. The molecule has 0 bridgehead atoms. The molecule has 0 spiro atoms.